The second kappa shape index (κ2) is 7.11. The lowest BCUT2D eigenvalue weighted by atomic mass is 9.96. The van der Waals surface area contributed by atoms with Gasteiger partial charge in [-0.3, -0.25) is 4.79 Å². The Bertz CT molecular complexity index is 382. The number of carboxylic acids is 1. The second-order valence-electron chi connectivity index (χ2n) is 6.44. The van der Waals surface area contributed by atoms with Crippen molar-refractivity contribution in [3.8, 4) is 0 Å². The van der Waals surface area contributed by atoms with Gasteiger partial charge in [0.25, 0.3) is 0 Å². The van der Waals surface area contributed by atoms with Crippen molar-refractivity contribution in [2.24, 2.45) is 17.3 Å². The first-order valence-corrected chi connectivity index (χ1v) is 7.80. The van der Waals surface area contributed by atoms with E-state index in [0.717, 1.165) is 45.1 Å². The molecule has 2 aliphatic carbocycles. The van der Waals surface area contributed by atoms with Gasteiger partial charge < -0.3 is 20.5 Å². The molecule has 2 unspecified atom stereocenters. The Morgan fingerprint density at radius 3 is 2.67 bits per heavy atom. The summed E-state index contributed by atoms with van der Waals surface area (Å²) in [6, 6.07) is -0.185. The molecule has 2 amide bonds. The molecule has 0 aliphatic heterocycles. The van der Waals surface area contributed by atoms with Gasteiger partial charge in [0, 0.05) is 26.8 Å². The van der Waals surface area contributed by atoms with Crippen LogP contribution in [0.15, 0.2) is 0 Å². The molecule has 21 heavy (non-hydrogen) atoms. The highest BCUT2D eigenvalue weighted by Crippen LogP contribution is 2.48. The number of ether oxygens (including phenoxy) is 1. The maximum absolute atomic E-state index is 11.8. The summed E-state index contributed by atoms with van der Waals surface area (Å²) in [5, 5.41) is 14.8. The number of hydrogen-bond donors (Lipinski definition) is 3. The molecule has 0 saturated heterocycles. The first kappa shape index (κ1) is 16.1. The van der Waals surface area contributed by atoms with E-state index in [1.165, 1.54) is 0 Å². The zero-order valence-corrected chi connectivity index (χ0v) is 12.7. The summed E-state index contributed by atoms with van der Waals surface area (Å²) in [6.07, 6.45) is 5.80. The monoisotopic (exact) mass is 298 g/mol. The third-order valence-electron chi connectivity index (χ3n) is 4.92. The van der Waals surface area contributed by atoms with Crippen molar-refractivity contribution >= 4 is 12.0 Å². The minimum atomic E-state index is -0.740. The summed E-state index contributed by atoms with van der Waals surface area (Å²) < 4.78 is 5.09. The van der Waals surface area contributed by atoms with Crippen molar-refractivity contribution in [1.82, 2.24) is 10.6 Å². The molecular weight excluding hydrogens is 272 g/mol. The van der Waals surface area contributed by atoms with Gasteiger partial charge in [-0.05, 0) is 43.4 Å². The van der Waals surface area contributed by atoms with Crippen molar-refractivity contribution in [2.75, 3.05) is 26.8 Å². The van der Waals surface area contributed by atoms with Gasteiger partial charge in [-0.1, -0.05) is 6.42 Å². The Morgan fingerprint density at radius 1 is 1.29 bits per heavy atom. The zero-order valence-electron chi connectivity index (χ0n) is 12.7. The molecule has 2 aliphatic rings. The summed E-state index contributed by atoms with van der Waals surface area (Å²) in [7, 11) is 1.69. The number of rotatable bonds is 8. The molecule has 6 heteroatoms. The van der Waals surface area contributed by atoms with Crippen LogP contribution in [0.1, 0.15) is 38.5 Å². The lowest BCUT2D eigenvalue weighted by Crippen LogP contribution is -2.42. The van der Waals surface area contributed by atoms with Gasteiger partial charge in [0.1, 0.15) is 0 Å². The van der Waals surface area contributed by atoms with Crippen LogP contribution in [0.5, 0.6) is 0 Å². The van der Waals surface area contributed by atoms with Gasteiger partial charge in [-0.15, -0.1) is 0 Å². The third-order valence-corrected chi connectivity index (χ3v) is 4.92. The molecule has 2 atom stereocenters. The minimum Gasteiger partial charge on any atom is -0.481 e. The summed E-state index contributed by atoms with van der Waals surface area (Å²) in [5.74, 6) is -0.977. The molecule has 2 fully saturated rings. The average molecular weight is 298 g/mol. The maximum Gasteiger partial charge on any atom is 0.314 e. The number of methoxy groups -OCH3 is 1. The Balaban J connectivity index is 1.65. The Hall–Kier alpha value is -1.30. The first-order valence-electron chi connectivity index (χ1n) is 7.80. The van der Waals surface area contributed by atoms with E-state index in [-0.39, 0.29) is 23.3 Å². The molecule has 0 radical (unpaired) electrons. The Kier molecular flexibility index (Phi) is 5.45. The molecule has 120 valence electrons. The number of hydrogen-bond acceptors (Lipinski definition) is 3. The van der Waals surface area contributed by atoms with E-state index in [9.17, 15) is 9.59 Å². The smallest absolute Gasteiger partial charge is 0.314 e. The number of aliphatic carboxylic acids is 1. The third kappa shape index (κ3) is 4.59. The largest absolute Gasteiger partial charge is 0.481 e. The molecule has 0 heterocycles. The van der Waals surface area contributed by atoms with E-state index >= 15 is 0 Å². The second-order valence-corrected chi connectivity index (χ2v) is 6.44. The number of amides is 2. The van der Waals surface area contributed by atoms with Crippen LogP contribution in [-0.2, 0) is 9.53 Å². The number of carbonyl (C=O) groups excluding carboxylic acids is 1. The normalized spacial score (nSPS) is 26.3. The SMILES string of the molecule is COCCC1(CNC(=O)NCC2CCCC2C(=O)O)CC1. The topological polar surface area (TPSA) is 87.7 Å². The van der Waals surface area contributed by atoms with Crippen molar-refractivity contribution in [3.05, 3.63) is 0 Å². The van der Waals surface area contributed by atoms with Gasteiger partial charge in [-0.2, -0.15) is 0 Å². The van der Waals surface area contributed by atoms with Crippen molar-refractivity contribution in [3.63, 3.8) is 0 Å². The fraction of sp³-hybridized carbons (Fsp3) is 0.867. The molecule has 2 saturated carbocycles. The van der Waals surface area contributed by atoms with E-state index in [2.05, 4.69) is 10.6 Å². The van der Waals surface area contributed by atoms with Crippen LogP contribution in [0, 0.1) is 17.3 Å². The van der Waals surface area contributed by atoms with Crippen molar-refractivity contribution in [2.45, 2.75) is 38.5 Å². The first-order chi connectivity index (χ1) is 10.1. The standard InChI is InChI=1S/C15H26N2O4/c1-21-8-7-15(5-6-15)10-17-14(20)16-9-11-3-2-4-12(11)13(18)19/h11-12H,2-10H2,1H3,(H,18,19)(H2,16,17,20). The highest BCUT2D eigenvalue weighted by Gasteiger charge is 2.42. The van der Waals surface area contributed by atoms with Gasteiger partial charge in [0.15, 0.2) is 0 Å². The van der Waals surface area contributed by atoms with Gasteiger partial charge in [0.05, 0.1) is 5.92 Å². The van der Waals surface area contributed by atoms with Gasteiger partial charge in [-0.25, -0.2) is 4.79 Å². The number of nitrogens with one attached hydrogen (secondary N) is 2. The van der Waals surface area contributed by atoms with E-state index in [1.54, 1.807) is 7.11 Å². The van der Waals surface area contributed by atoms with E-state index in [1.807, 2.05) is 0 Å². The molecule has 6 nitrogen and oxygen atoms in total. The Morgan fingerprint density at radius 2 is 2.05 bits per heavy atom. The highest BCUT2D eigenvalue weighted by molar-refractivity contribution is 5.74. The van der Waals surface area contributed by atoms with Crippen LogP contribution in [0.4, 0.5) is 4.79 Å². The average Bonchev–Trinajstić information content (AvgIpc) is 3.07. The molecule has 0 bridgehead atoms. The molecule has 3 N–H and O–H groups in total. The predicted octanol–water partition coefficient (Wildman–Crippen LogP) is 1.60. The fourth-order valence-corrected chi connectivity index (χ4v) is 3.17. The van der Waals surface area contributed by atoms with Crippen molar-refractivity contribution < 1.29 is 19.4 Å². The number of urea groups is 1. The Labute approximate surface area is 125 Å². The number of carboxylic acid groups (broad SMARTS) is 1. The zero-order chi connectivity index (χ0) is 15.3. The molecule has 0 spiro atoms. The molecule has 2 rings (SSSR count). The van der Waals surface area contributed by atoms with Crippen LogP contribution in [0.3, 0.4) is 0 Å². The fourth-order valence-electron chi connectivity index (χ4n) is 3.17. The van der Waals surface area contributed by atoms with Crippen molar-refractivity contribution in [1.29, 1.82) is 0 Å². The lowest BCUT2D eigenvalue weighted by Gasteiger charge is -2.18. The predicted molar refractivity (Wildman–Crippen MR) is 78.0 cm³/mol. The van der Waals surface area contributed by atoms with Gasteiger partial charge >= 0.3 is 12.0 Å². The molecule has 0 aromatic heterocycles. The summed E-state index contributed by atoms with van der Waals surface area (Å²) in [6.45, 7) is 1.86. The molecular formula is C15H26N2O4. The lowest BCUT2D eigenvalue weighted by molar-refractivity contribution is -0.142. The van der Waals surface area contributed by atoms with Crippen LogP contribution < -0.4 is 10.6 Å². The quantitative estimate of drug-likeness (QED) is 0.635. The highest BCUT2D eigenvalue weighted by atomic mass is 16.5. The van der Waals surface area contributed by atoms with Crippen LogP contribution in [0.2, 0.25) is 0 Å². The summed E-state index contributed by atoms with van der Waals surface area (Å²) in [5.41, 5.74) is 0.226. The van der Waals surface area contributed by atoms with E-state index in [0.29, 0.717) is 13.1 Å². The molecule has 0 aromatic carbocycles. The number of carbonyl (C=O) groups is 2. The summed E-state index contributed by atoms with van der Waals surface area (Å²) >= 11 is 0. The van der Waals surface area contributed by atoms with Crippen LogP contribution >= 0.6 is 0 Å². The maximum atomic E-state index is 11.8. The van der Waals surface area contributed by atoms with Gasteiger partial charge in [0.2, 0.25) is 0 Å². The molecule has 0 aromatic rings. The van der Waals surface area contributed by atoms with E-state index in [4.69, 9.17) is 9.84 Å². The van der Waals surface area contributed by atoms with Crippen LogP contribution in [-0.4, -0.2) is 43.9 Å². The van der Waals surface area contributed by atoms with E-state index < -0.39 is 5.97 Å². The summed E-state index contributed by atoms with van der Waals surface area (Å²) in [4.78, 5) is 22.9. The van der Waals surface area contributed by atoms with Crippen LogP contribution in [0.25, 0.3) is 0 Å². The minimum absolute atomic E-state index is 0.0663.